The average molecular weight is 365 g/mol. The van der Waals surface area contributed by atoms with Crippen molar-refractivity contribution in [3.05, 3.63) is 47.5 Å². The van der Waals surface area contributed by atoms with Gasteiger partial charge in [-0.3, -0.25) is 9.69 Å². The Balaban J connectivity index is 2.32. The topological polar surface area (TPSA) is 88.1 Å². The Morgan fingerprint density at radius 2 is 1.76 bits per heavy atom. The SMILES string of the molecule is COc1cc(OC)c(NC(=O)N(CC(=O)O)c2ccccc2)cc1Cl. The summed E-state index contributed by atoms with van der Waals surface area (Å²) < 4.78 is 10.3. The Kier molecular flexibility index (Phi) is 6.08. The number of carboxylic acids is 1. The number of nitrogens with one attached hydrogen (secondary N) is 1. The van der Waals surface area contributed by atoms with E-state index in [-0.39, 0.29) is 5.02 Å². The highest BCUT2D eigenvalue weighted by molar-refractivity contribution is 6.32. The largest absolute Gasteiger partial charge is 0.495 e. The van der Waals surface area contributed by atoms with Gasteiger partial charge in [0.2, 0.25) is 0 Å². The number of amides is 2. The van der Waals surface area contributed by atoms with Crippen molar-refractivity contribution in [2.45, 2.75) is 0 Å². The van der Waals surface area contributed by atoms with Crippen LogP contribution in [0.2, 0.25) is 5.02 Å². The molecule has 0 aliphatic rings. The van der Waals surface area contributed by atoms with E-state index >= 15 is 0 Å². The molecular formula is C17H17ClN2O5. The fourth-order valence-corrected chi connectivity index (χ4v) is 2.40. The maximum Gasteiger partial charge on any atom is 0.326 e. The number of nitrogens with zero attached hydrogens (tertiary/aromatic N) is 1. The molecule has 0 bridgehead atoms. The van der Waals surface area contributed by atoms with Gasteiger partial charge in [-0.15, -0.1) is 0 Å². The number of hydrogen-bond donors (Lipinski definition) is 2. The molecule has 2 aromatic rings. The number of anilines is 2. The summed E-state index contributed by atoms with van der Waals surface area (Å²) in [4.78, 5) is 24.8. The molecule has 0 unspecified atom stereocenters. The molecule has 0 heterocycles. The quantitative estimate of drug-likeness (QED) is 0.819. The number of carboxylic acid groups (broad SMARTS) is 1. The molecule has 2 rings (SSSR count). The van der Waals surface area contributed by atoms with Crippen molar-refractivity contribution in [2.24, 2.45) is 0 Å². The molecule has 0 aliphatic heterocycles. The number of halogens is 1. The minimum absolute atomic E-state index is 0.281. The maximum absolute atomic E-state index is 12.6. The molecular weight excluding hydrogens is 348 g/mol. The van der Waals surface area contributed by atoms with E-state index in [1.807, 2.05) is 0 Å². The van der Waals surface area contributed by atoms with Crippen LogP contribution in [0, 0.1) is 0 Å². The highest BCUT2D eigenvalue weighted by Gasteiger charge is 2.21. The van der Waals surface area contributed by atoms with Crippen molar-refractivity contribution in [1.29, 1.82) is 0 Å². The number of methoxy groups -OCH3 is 2. The van der Waals surface area contributed by atoms with Gasteiger partial charge < -0.3 is 19.9 Å². The van der Waals surface area contributed by atoms with Gasteiger partial charge in [0.1, 0.15) is 18.0 Å². The van der Waals surface area contributed by atoms with Crippen LogP contribution in [-0.4, -0.2) is 37.9 Å². The third-order valence-electron chi connectivity index (χ3n) is 3.32. The monoisotopic (exact) mass is 364 g/mol. The van der Waals surface area contributed by atoms with Crippen molar-refractivity contribution in [3.8, 4) is 11.5 Å². The van der Waals surface area contributed by atoms with Crippen LogP contribution in [0.1, 0.15) is 0 Å². The number of hydrogen-bond acceptors (Lipinski definition) is 4. The summed E-state index contributed by atoms with van der Waals surface area (Å²) in [5.41, 5.74) is 0.741. The molecule has 8 heteroatoms. The highest BCUT2D eigenvalue weighted by atomic mass is 35.5. The van der Waals surface area contributed by atoms with Gasteiger partial charge in [-0.25, -0.2) is 4.79 Å². The summed E-state index contributed by atoms with van der Waals surface area (Å²) in [5, 5.41) is 12.0. The minimum atomic E-state index is -1.14. The van der Waals surface area contributed by atoms with Crippen molar-refractivity contribution >= 4 is 35.0 Å². The lowest BCUT2D eigenvalue weighted by Crippen LogP contribution is -2.39. The van der Waals surface area contributed by atoms with Gasteiger partial charge in [-0.2, -0.15) is 0 Å². The summed E-state index contributed by atoms with van der Waals surface area (Å²) in [6, 6.07) is 10.8. The predicted octanol–water partition coefficient (Wildman–Crippen LogP) is 3.48. The van der Waals surface area contributed by atoms with Crippen LogP contribution in [0.3, 0.4) is 0 Å². The van der Waals surface area contributed by atoms with E-state index in [1.165, 1.54) is 26.4 Å². The number of ether oxygens (including phenoxy) is 2. The Labute approximate surface area is 149 Å². The average Bonchev–Trinajstić information content (AvgIpc) is 2.60. The lowest BCUT2D eigenvalue weighted by molar-refractivity contribution is -0.135. The second-order valence-corrected chi connectivity index (χ2v) is 5.34. The zero-order chi connectivity index (χ0) is 18.4. The van der Waals surface area contributed by atoms with E-state index in [0.29, 0.717) is 22.9 Å². The molecule has 0 saturated heterocycles. The zero-order valence-corrected chi connectivity index (χ0v) is 14.4. The molecule has 0 atom stereocenters. The Morgan fingerprint density at radius 3 is 2.32 bits per heavy atom. The predicted molar refractivity (Wildman–Crippen MR) is 95.0 cm³/mol. The van der Waals surface area contributed by atoms with Crippen LogP contribution in [0.4, 0.5) is 16.2 Å². The van der Waals surface area contributed by atoms with E-state index in [9.17, 15) is 9.59 Å². The number of urea groups is 1. The van der Waals surface area contributed by atoms with Crippen molar-refractivity contribution in [3.63, 3.8) is 0 Å². The fraction of sp³-hybridized carbons (Fsp3) is 0.176. The Morgan fingerprint density at radius 1 is 1.12 bits per heavy atom. The van der Waals surface area contributed by atoms with Gasteiger partial charge in [0.25, 0.3) is 0 Å². The lowest BCUT2D eigenvalue weighted by atomic mass is 10.2. The highest BCUT2D eigenvalue weighted by Crippen LogP contribution is 2.36. The minimum Gasteiger partial charge on any atom is -0.495 e. The first kappa shape index (κ1) is 18.4. The van der Waals surface area contributed by atoms with Crippen LogP contribution in [0.25, 0.3) is 0 Å². The van der Waals surface area contributed by atoms with Gasteiger partial charge in [0.05, 0.1) is 24.9 Å². The summed E-state index contributed by atoms with van der Waals surface area (Å²) in [6.07, 6.45) is 0. The third kappa shape index (κ3) is 4.54. The Hall–Kier alpha value is -2.93. The van der Waals surface area contributed by atoms with E-state index in [1.54, 1.807) is 30.3 Å². The molecule has 0 saturated carbocycles. The molecule has 7 nitrogen and oxygen atoms in total. The fourth-order valence-electron chi connectivity index (χ4n) is 2.16. The molecule has 25 heavy (non-hydrogen) atoms. The molecule has 132 valence electrons. The van der Waals surface area contributed by atoms with Gasteiger partial charge in [0.15, 0.2) is 0 Å². The first-order valence-electron chi connectivity index (χ1n) is 7.23. The molecule has 2 amide bonds. The van der Waals surface area contributed by atoms with E-state index < -0.39 is 18.5 Å². The van der Waals surface area contributed by atoms with E-state index in [4.69, 9.17) is 26.2 Å². The van der Waals surface area contributed by atoms with Crippen LogP contribution < -0.4 is 19.7 Å². The Bertz CT molecular complexity index is 767. The molecule has 0 radical (unpaired) electrons. The molecule has 0 spiro atoms. The summed E-state index contributed by atoms with van der Waals surface area (Å²) in [7, 11) is 2.90. The molecule has 0 aliphatic carbocycles. The van der Waals surface area contributed by atoms with Gasteiger partial charge >= 0.3 is 12.0 Å². The first-order valence-corrected chi connectivity index (χ1v) is 7.61. The smallest absolute Gasteiger partial charge is 0.326 e. The molecule has 2 N–H and O–H groups in total. The second-order valence-electron chi connectivity index (χ2n) is 4.93. The standard InChI is InChI=1S/C17H17ClN2O5/c1-24-14-9-15(25-2)13(8-12(14)18)19-17(23)20(10-16(21)22)11-6-4-3-5-7-11/h3-9H,10H2,1-2H3,(H,19,23)(H,21,22). The summed E-state index contributed by atoms with van der Waals surface area (Å²) in [5.74, 6) is -0.418. The number of aliphatic carboxylic acids is 1. The molecule has 0 aromatic heterocycles. The number of benzene rings is 2. The maximum atomic E-state index is 12.6. The number of para-hydroxylation sites is 1. The van der Waals surface area contributed by atoms with Gasteiger partial charge in [-0.05, 0) is 18.2 Å². The van der Waals surface area contributed by atoms with Gasteiger partial charge in [-0.1, -0.05) is 29.8 Å². The third-order valence-corrected chi connectivity index (χ3v) is 3.62. The molecule has 2 aromatic carbocycles. The van der Waals surface area contributed by atoms with E-state index in [2.05, 4.69) is 5.32 Å². The number of carbonyl (C=O) groups excluding carboxylic acids is 1. The van der Waals surface area contributed by atoms with Gasteiger partial charge in [0, 0.05) is 11.8 Å². The lowest BCUT2D eigenvalue weighted by Gasteiger charge is -2.22. The first-order chi connectivity index (χ1) is 12.0. The van der Waals surface area contributed by atoms with Crippen molar-refractivity contribution in [2.75, 3.05) is 31.0 Å². The van der Waals surface area contributed by atoms with Crippen LogP contribution in [-0.2, 0) is 4.79 Å². The van der Waals surface area contributed by atoms with Crippen LogP contribution in [0.5, 0.6) is 11.5 Å². The summed E-state index contributed by atoms with van der Waals surface area (Å²) in [6.45, 7) is -0.498. The summed E-state index contributed by atoms with van der Waals surface area (Å²) >= 11 is 6.08. The van der Waals surface area contributed by atoms with Crippen LogP contribution in [0.15, 0.2) is 42.5 Å². The van der Waals surface area contributed by atoms with Crippen molar-refractivity contribution in [1.82, 2.24) is 0 Å². The molecule has 0 fully saturated rings. The second kappa shape index (κ2) is 8.25. The number of carbonyl (C=O) groups is 2. The van der Waals surface area contributed by atoms with Crippen LogP contribution >= 0.6 is 11.6 Å². The number of rotatable bonds is 6. The van der Waals surface area contributed by atoms with Crippen molar-refractivity contribution < 1.29 is 24.2 Å². The van der Waals surface area contributed by atoms with E-state index in [0.717, 1.165) is 4.90 Å². The normalized spacial score (nSPS) is 10.0. The zero-order valence-electron chi connectivity index (χ0n) is 13.7.